The maximum atomic E-state index is 12.3. The molecule has 0 aliphatic heterocycles. The number of ether oxygens (including phenoxy) is 1. The zero-order valence-corrected chi connectivity index (χ0v) is 12.0. The molecule has 1 aromatic rings. The number of hydrogen-bond donors (Lipinski definition) is 2. The summed E-state index contributed by atoms with van der Waals surface area (Å²) in [5.41, 5.74) is -1.31. The van der Waals surface area contributed by atoms with Crippen LogP contribution in [0.2, 0.25) is 0 Å². The Hall–Kier alpha value is -1.27. The molecule has 0 radical (unpaired) electrons. The van der Waals surface area contributed by atoms with Gasteiger partial charge in [0.1, 0.15) is 5.75 Å². The van der Waals surface area contributed by atoms with E-state index in [0.29, 0.717) is 5.56 Å². The molecule has 2 N–H and O–H groups in total. The summed E-state index contributed by atoms with van der Waals surface area (Å²) in [6.07, 6.45) is -4.72. The summed E-state index contributed by atoms with van der Waals surface area (Å²) in [5, 5.41) is 13.0. The molecule has 114 valence electrons. The highest BCUT2D eigenvalue weighted by atomic mass is 19.4. The Morgan fingerprint density at radius 1 is 1.10 bits per heavy atom. The minimum atomic E-state index is -4.72. The van der Waals surface area contributed by atoms with Crippen molar-refractivity contribution in [3.05, 3.63) is 29.8 Å². The van der Waals surface area contributed by atoms with Crippen LogP contribution < -0.4 is 10.1 Å². The summed E-state index contributed by atoms with van der Waals surface area (Å²) in [6, 6.07) is 5.93. The van der Waals surface area contributed by atoms with E-state index in [-0.39, 0.29) is 12.3 Å². The SMILES string of the molecule is CC(C)(O)C(C)(C)NCc1ccccc1OC(F)(F)F. The Labute approximate surface area is 116 Å². The predicted molar refractivity (Wildman–Crippen MR) is 70.3 cm³/mol. The Bertz CT molecular complexity index is 450. The maximum Gasteiger partial charge on any atom is 0.573 e. The molecule has 0 unspecified atom stereocenters. The molecule has 0 aromatic heterocycles. The smallest absolute Gasteiger partial charge is 0.405 e. The highest BCUT2D eigenvalue weighted by molar-refractivity contribution is 5.33. The molecular formula is C14H20F3NO2. The molecule has 0 spiro atoms. The van der Waals surface area contributed by atoms with E-state index in [4.69, 9.17) is 0 Å². The number of aliphatic hydroxyl groups is 1. The highest BCUT2D eigenvalue weighted by Crippen LogP contribution is 2.27. The molecule has 1 rings (SSSR count). The highest BCUT2D eigenvalue weighted by Gasteiger charge is 2.35. The predicted octanol–water partition coefficient (Wildman–Crippen LogP) is 3.22. The first-order valence-electron chi connectivity index (χ1n) is 6.23. The van der Waals surface area contributed by atoms with E-state index in [1.807, 2.05) is 0 Å². The summed E-state index contributed by atoms with van der Waals surface area (Å²) in [5.74, 6) is -0.237. The van der Waals surface area contributed by atoms with Crippen LogP contribution in [0.15, 0.2) is 24.3 Å². The van der Waals surface area contributed by atoms with Crippen molar-refractivity contribution in [3.8, 4) is 5.75 Å². The normalized spacial score (nSPS) is 13.4. The van der Waals surface area contributed by atoms with Crippen LogP contribution in [0.25, 0.3) is 0 Å². The van der Waals surface area contributed by atoms with Gasteiger partial charge in [-0.05, 0) is 33.8 Å². The zero-order chi connectivity index (χ0) is 15.6. The quantitative estimate of drug-likeness (QED) is 0.875. The lowest BCUT2D eigenvalue weighted by molar-refractivity contribution is -0.274. The molecule has 1 aromatic carbocycles. The first kappa shape index (κ1) is 16.8. The van der Waals surface area contributed by atoms with Crippen LogP contribution in [0.1, 0.15) is 33.3 Å². The number of alkyl halides is 3. The van der Waals surface area contributed by atoms with Gasteiger partial charge in [0.2, 0.25) is 0 Å². The van der Waals surface area contributed by atoms with Crippen LogP contribution in [-0.2, 0) is 6.54 Å². The Balaban J connectivity index is 2.84. The third-order valence-electron chi connectivity index (χ3n) is 3.45. The second-order valence-corrected chi connectivity index (χ2v) is 5.69. The van der Waals surface area contributed by atoms with Gasteiger partial charge in [0.25, 0.3) is 0 Å². The Morgan fingerprint density at radius 2 is 1.65 bits per heavy atom. The maximum absolute atomic E-state index is 12.3. The van der Waals surface area contributed by atoms with Crippen LogP contribution in [0, 0.1) is 0 Å². The molecule has 20 heavy (non-hydrogen) atoms. The van der Waals surface area contributed by atoms with E-state index >= 15 is 0 Å². The molecule has 0 bridgehead atoms. The summed E-state index contributed by atoms with van der Waals surface area (Å²) >= 11 is 0. The summed E-state index contributed by atoms with van der Waals surface area (Å²) in [6.45, 7) is 6.99. The van der Waals surface area contributed by atoms with Gasteiger partial charge in [-0.1, -0.05) is 18.2 Å². The second-order valence-electron chi connectivity index (χ2n) is 5.69. The minimum absolute atomic E-state index is 0.156. The van der Waals surface area contributed by atoms with Gasteiger partial charge in [-0.15, -0.1) is 13.2 Å². The zero-order valence-electron chi connectivity index (χ0n) is 12.0. The van der Waals surface area contributed by atoms with E-state index in [1.165, 1.54) is 12.1 Å². The molecular weight excluding hydrogens is 271 g/mol. The van der Waals surface area contributed by atoms with Gasteiger partial charge in [0, 0.05) is 17.6 Å². The fourth-order valence-electron chi connectivity index (χ4n) is 1.41. The molecule has 0 aliphatic rings. The fraction of sp³-hybridized carbons (Fsp3) is 0.571. The molecule has 0 aliphatic carbocycles. The van der Waals surface area contributed by atoms with Crippen molar-refractivity contribution in [1.29, 1.82) is 0 Å². The van der Waals surface area contributed by atoms with E-state index in [2.05, 4.69) is 10.1 Å². The summed E-state index contributed by atoms with van der Waals surface area (Å²) < 4.78 is 40.9. The monoisotopic (exact) mass is 291 g/mol. The van der Waals surface area contributed by atoms with Gasteiger partial charge in [-0.25, -0.2) is 0 Å². The lowest BCUT2D eigenvalue weighted by atomic mass is 9.86. The molecule has 0 atom stereocenters. The topological polar surface area (TPSA) is 41.5 Å². The molecule has 0 fully saturated rings. The third kappa shape index (κ3) is 4.68. The van der Waals surface area contributed by atoms with Crippen molar-refractivity contribution in [1.82, 2.24) is 5.32 Å². The van der Waals surface area contributed by atoms with Gasteiger partial charge in [0.05, 0.1) is 5.60 Å². The number of nitrogens with one attached hydrogen (secondary N) is 1. The Morgan fingerprint density at radius 3 is 2.15 bits per heavy atom. The molecule has 3 nitrogen and oxygen atoms in total. The van der Waals surface area contributed by atoms with Crippen molar-refractivity contribution in [3.63, 3.8) is 0 Å². The van der Waals surface area contributed by atoms with Gasteiger partial charge in [-0.2, -0.15) is 0 Å². The van der Waals surface area contributed by atoms with Crippen LogP contribution in [-0.4, -0.2) is 22.6 Å². The summed E-state index contributed by atoms with van der Waals surface area (Å²) in [4.78, 5) is 0. The van der Waals surface area contributed by atoms with Gasteiger partial charge in [-0.3, -0.25) is 0 Å². The molecule has 0 heterocycles. The molecule has 0 saturated heterocycles. The number of halogens is 3. The largest absolute Gasteiger partial charge is 0.573 e. The van der Waals surface area contributed by atoms with Crippen LogP contribution in [0.4, 0.5) is 13.2 Å². The standard InChI is InChI=1S/C14H20F3NO2/c1-12(2,13(3,4)19)18-9-10-7-5-6-8-11(10)20-14(15,16)17/h5-8,18-19H,9H2,1-4H3. The average molecular weight is 291 g/mol. The molecule has 0 saturated carbocycles. The van der Waals surface area contributed by atoms with Gasteiger partial charge >= 0.3 is 6.36 Å². The minimum Gasteiger partial charge on any atom is -0.405 e. The van der Waals surface area contributed by atoms with Crippen molar-refractivity contribution >= 4 is 0 Å². The average Bonchev–Trinajstić information content (AvgIpc) is 2.24. The molecule has 0 amide bonds. The summed E-state index contributed by atoms with van der Waals surface area (Å²) in [7, 11) is 0. The number of para-hydroxylation sites is 1. The number of rotatable bonds is 5. The van der Waals surface area contributed by atoms with Gasteiger partial charge < -0.3 is 15.2 Å². The van der Waals surface area contributed by atoms with E-state index in [9.17, 15) is 18.3 Å². The van der Waals surface area contributed by atoms with Crippen molar-refractivity contribution in [2.24, 2.45) is 0 Å². The third-order valence-corrected chi connectivity index (χ3v) is 3.45. The van der Waals surface area contributed by atoms with Crippen molar-refractivity contribution < 1.29 is 23.0 Å². The lowest BCUT2D eigenvalue weighted by Crippen LogP contribution is -2.55. The second kappa shape index (κ2) is 5.61. The van der Waals surface area contributed by atoms with E-state index < -0.39 is 17.5 Å². The fourth-order valence-corrected chi connectivity index (χ4v) is 1.41. The van der Waals surface area contributed by atoms with Crippen molar-refractivity contribution in [2.75, 3.05) is 0 Å². The molecule has 6 heteroatoms. The van der Waals surface area contributed by atoms with Crippen LogP contribution in [0.5, 0.6) is 5.75 Å². The van der Waals surface area contributed by atoms with Gasteiger partial charge in [0.15, 0.2) is 0 Å². The van der Waals surface area contributed by atoms with E-state index in [1.54, 1.807) is 39.8 Å². The van der Waals surface area contributed by atoms with Crippen LogP contribution in [0.3, 0.4) is 0 Å². The first-order valence-corrected chi connectivity index (χ1v) is 6.23. The first-order chi connectivity index (χ1) is 8.92. The van der Waals surface area contributed by atoms with Crippen molar-refractivity contribution in [2.45, 2.75) is 51.7 Å². The lowest BCUT2D eigenvalue weighted by Gasteiger charge is -2.38. The Kier molecular flexibility index (Phi) is 4.71. The number of hydrogen-bond acceptors (Lipinski definition) is 3. The van der Waals surface area contributed by atoms with Crippen LogP contribution >= 0.6 is 0 Å². The number of benzene rings is 1. The van der Waals surface area contributed by atoms with E-state index in [0.717, 1.165) is 0 Å².